The summed E-state index contributed by atoms with van der Waals surface area (Å²) in [5.41, 5.74) is 5.85. The molecule has 1 unspecified atom stereocenters. The van der Waals surface area contributed by atoms with Crippen molar-refractivity contribution in [3.63, 3.8) is 0 Å². The fourth-order valence-electron chi connectivity index (χ4n) is 1.16. The molecule has 0 saturated heterocycles. The highest BCUT2D eigenvalue weighted by molar-refractivity contribution is 7.91. The van der Waals surface area contributed by atoms with Crippen LogP contribution in [0.5, 0.6) is 0 Å². The summed E-state index contributed by atoms with van der Waals surface area (Å²) in [5, 5.41) is 0.287. The van der Waals surface area contributed by atoms with E-state index in [1.807, 2.05) is 0 Å². The summed E-state index contributed by atoms with van der Waals surface area (Å²) in [6, 6.07) is 4.76. The van der Waals surface area contributed by atoms with Gasteiger partial charge >= 0.3 is 0 Å². The Balaban J connectivity index is 3.01. The Labute approximate surface area is 105 Å². The lowest BCUT2D eigenvalue weighted by Gasteiger charge is -2.11. The summed E-state index contributed by atoms with van der Waals surface area (Å²) in [6.07, 6.45) is 0. The first-order valence-electron chi connectivity index (χ1n) is 4.72. The second-order valence-corrected chi connectivity index (χ2v) is 6.85. The van der Waals surface area contributed by atoms with E-state index < -0.39 is 15.1 Å². The van der Waals surface area contributed by atoms with Gasteiger partial charge in [0.15, 0.2) is 9.84 Å². The van der Waals surface area contributed by atoms with Crippen molar-refractivity contribution in [3.05, 3.63) is 33.8 Å². The van der Waals surface area contributed by atoms with Crippen LogP contribution in [0.1, 0.15) is 12.5 Å². The number of rotatable bonds is 4. The highest BCUT2D eigenvalue weighted by Gasteiger charge is 2.21. The number of nitrogens with two attached hydrogens (primary N) is 1. The first-order chi connectivity index (χ1) is 7.36. The third-order valence-electron chi connectivity index (χ3n) is 2.31. The number of halogens is 2. The van der Waals surface area contributed by atoms with Crippen LogP contribution in [0.25, 0.3) is 0 Å². The molecule has 0 spiro atoms. The highest BCUT2D eigenvalue weighted by atomic mass is 35.5. The Hall–Kier alpha value is -0.290. The molecular weight excluding hydrogens is 269 g/mol. The zero-order valence-corrected chi connectivity index (χ0v) is 11.1. The van der Waals surface area contributed by atoms with Crippen molar-refractivity contribution in [2.75, 3.05) is 6.54 Å². The summed E-state index contributed by atoms with van der Waals surface area (Å²) >= 11 is 11.7. The molecule has 3 nitrogen and oxygen atoms in total. The van der Waals surface area contributed by atoms with Gasteiger partial charge in [0.05, 0.1) is 11.0 Å². The van der Waals surface area contributed by atoms with Gasteiger partial charge in [-0.15, -0.1) is 0 Å². The van der Waals surface area contributed by atoms with Gasteiger partial charge in [-0.1, -0.05) is 23.2 Å². The van der Waals surface area contributed by atoms with Gasteiger partial charge in [-0.05, 0) is 30.7 Å². The molecule has 0 saturated carbocycles. The van der Waals surface area contributed by atoms with Crippen LogP contribution in [0.3, 0.4) is 0 Å². The molecule has 0 aliphatic rings. The van der Waals surface area contributed by atoms with Gasteiger partial charge in [-0.3, -0.25) is 0 Å². The van der Waals surface area contributed by atoms with Crippen LogP contribution < -0.4 is 5.73 Å². The minimum absolute atomic E-state index is 0.0977. The van der Waals surface area contributed by atoms with E-state index >= 15 is 0 Å². The van der Waals surface area contributed by atoms with E-state index in [1.165, 1.54) is 0 Å². The molecule has 16 heavy (non-hydrogen) atoms. The maximum Gasteiger partial charge on any atom is 0.158 e. The third kappa shape index (κ3) is 3.35. The summed E-state index contributed by atoms with van der Waals surface area (Å²) in [5.74, 6) is -0.134. The molecule has 90 valence electrons. The Morgan fingerprint density at radius 2 is 2.00 bits per heavy atom. The fourth-order valence-corrected chi connectivity index (χ4v) is 2.87. The Morgan fingerprint density at radius 1 is 1.38 bits per heavy atom. The monoisotopic (exact) mass is 281 g/mol. The van der Waals surface area contributed by atoms with Crippen LogP contribution >= 0.6 is 23.2 Å². The van der Waals surface area contributed by atoms with Crippen LogP contribution in [0.2, 0.25) is 10.0 Å². The smallest absolute Gasteiger partial charge is 0.158 e. The van der Waals surface area contributed by atoms with E-state index in [0.29, 0.717) is 15.6 Å². The second-order valence-electron chi connectivity index (χ2n) is 3.59. The lowest BCUT2D eigenvalue weighted by Crippen LogP contribution is -2.27. The van der Waals surface area contributed by atoms with Crippen molar-refractivity contribution < 1.29 is 8.42 Å². The van der Waals surface area contributed by atoms with Crippen LogP contribution in [0, 0.1) is 0 Å². The van der Waals surface area contributed by atoms with Crippen molar-refractivity contribution in [1.29, 1.82) is 0 Å². The Morgan fingerprint density at radius 3 is 2.56 bits per heavy atom. The van der Waals surface area contributed by atoms with E-state index in [9.17, 15) is 8.42 Å². The predicted octanol–water partition coefficient (Wildman–Crippen LogP) is 2.26. The molecule has 6 heteroatoms. The second kappa shape index (κ2) is 5.36. The van der Waals surface area contributed by atoms with Crippen molar-refractivity contribution in [3.8, 4) is 0 Å². The third-order valence-corrected chi connectivity index (χ3v) is 5.05. The van der Waals surface area contributed by atoms with Gasteiger partial charge in [-0.25, -0.2) is 8.42 Å². The van der Waals surface area contributed by atoms with Gasteiger partial charge in [0.25, 0.3) is 0 Å². The molecule has 0 fully saturated rings. The van der Waals surface area contributed by atoms with Crippen LogP contribution in [0.4, 0.5) is 0 Å². The number of sulfone groups is 1. The summed E-state index contributed by atoms with van der Waals surface area (Å²) in [4.78, 5) is 0. The van der Waals surface area contributed by atoms with E-state index in [4.69, 9.17) is 28.9 Å². The topological polar surface area (TPSA) is 60.2 Å². The lowest BCUT2D eigenvalue weighted by atomic mass is 10.2. The molecule has 0 aliphatic carbocycles. The molecular formula is C10H13Cl2NO2S. The van der Waals surface area contributed by atoms with Crippen molar-refractivity contribution in [2.24, 2.45) is 5.73 Å². The minimum Gasteiger partial charge on any atom is -0.329 e. The summed E-state index contributed by atoms with van der Waals surface area (Å²) < 4.78 is 23.6. The fraction of sp³-hybridized carbons (Fsp3) is 0.400. The average molecular weight is 282 g/mol. The Bertz CT molecular complexity index is 474. The summed E-state index contributed by atoms with van der Waals surface area (Å²) in [7, 11) is -3.27. The maximum absolute atomic E-state index is 11.8. The van der Waals surface area contributed by atoms with Crippen molar-refractivity contribution in [2.45, 2.75) is 17.9 Å². The molecule has 0 bridgehead atoms. The van der Waals surface area contributed by atoms with Gasteiger partial charge in [0.2, 0.25) is 0 Å². The van der Waals surface area contributed by atoms with E-state index in [-0.39, 0.29) is 12.3 Å². The largest absolute Gasteiger partial charge is 0.329 e. The van der Waals surface area contributed by atoms with Gasteiger partial charge in [0.1, 0.15) is 0 Å². The summed E-state index contributed by atoms with van der Waals surface area (Å²) in [6.45, 7) is 1.67. The zero-order chi connectivity index (χ0) is 12.3. The van der Waals surface area contributed by atoms with Crippen LogP contribution in [0.15, 0.2) is 18.2 Å². The predicted molar refractivity (Wildman–Crippen MR) is 67.6 cm³/mol. The van der Waals surface area contributed by atoms with Crippen molar-refractivity contribution in [1.82, 2.24) is 0 Å². The maximum atomic E-state index is 11.8. The molecule has 1 rings (SSSR count). The van der Waals surface area contributed by atoms with E-state index in [1.54, 1.807) is 25.1 Å². The Kier molecular flexibility index (Phi) is 4.62. The lowest BCUT2D eigenvalue weighted by molar-refractivity contribution is 0.583. The quantitative estimate of drug-likeness (QED) is 0.921. The standard InChI is InChI=1S/C10H13Cl2NO2S/c1-7(5-13)16(14,15)6-8-4-9(11)2-3-10(8)12/h2-4,7H,5-6,13H2,1H3. The van der Waals surface area contributed by atoms with Crippen LogP contribution in [-0.4, -0.2) is 20.2 Å². The molecule has 0 radical (unpaired) electrons. The molecule has 1 atom stereocenters. The number of hydrogen-bond donors (Lipinski definition) is 1. The molecule has 2 N–H and O–H groups in total. The van der Waals surface area contributed by atoms with Gasteiger partial charge < -0.3 is 5.73 Å². The normalized spacial score (nSPS) is 13.8. The molecule has 0 aromatic heterocycles. The SMILES string of the molecule is CC(CN)S(=O)(=O)Cc1cc(Cl)ccc1Cl. The zero-order valence-electron chi connectivity index (χ0n) is 8.78. The van der Waals surface area contributed by atoms with E-state index in [0.717, 1.165) is 0 Å². The molecule has 1 aromatic rings. The number of benzene rings is 1. The van der Waals surface area contributed by atoms with Crippen molar-refractivity contribution >= 4 is 33.0 Å². The molecule has 0 heterocycles. The molecule has 1 aromatic carbocycles. The molecule has 0 aliphatic heterocycles. The van der Waals surface area contributed by atoms with E-state index in [2.05, 4.69) is 0 Å². The highest BCUT2D eigenvalue weighted by Crippen LogP contribution is 2.23. The van der Waals surface area contributed by atoms with Gasteiger partial charge in [0, 0.05) is 16.6 Å². The first-order valence-corrected chi connectivity index (χ1v) is 7.19. The van der Waals surface area contributed by atoms with Gasteiger partial charge in [-0.2, -0.15) is 0 Å². The van der Waals surface area contributed by atoms with Crippen LogP contribution in [-0.2, 0) is 15.6 Å². The first kappa shape index (κ1) is 13.8. The average Bonchev–Trinajstić information content (AvgIpc) is 2.22. The molecule has 0 amide bonds. The minimum atomic E-state index is -3.27. The number of hydrogen-bond acceptors (Lipinski definition) is 3.